The van der Waals surface area contributed by atoms with Gasteiger partial charge in [0.1, 0.15) is 18.1 Å². The van der Waals surface area contributed by atoms with Crippen molar-refractivity contribution in [1.82, 2.24) is 0 Å². The lowest BCUT2D eigenvalue weighted by atomic mass is 10.1. The molecule has 0 saturated heterocycles. The van der Waals surface area contributed by atoms with Gasteiger partial charge in [0.05, 0.1) is 6.07 Å². The Bertz CT molecular complexity index is 370. The van der Waals surface area contributed by atoms with Gasteiger partial charge in [-0.3, -0.25) is 0 Å². The molecule has 4 heteroatoms. The highest BCUT2D eigenvalue weighted by Gasteiger charge is 2.08. The Labute approximate surface area is 89.0 Å². The Kier molecular flexibility index (Phi) is 3.91. The van der Waals surface area contributed by atoms with Gasteiger partial charge in [-0.1, -0.05) is 13.8 Å². The molecule has 1 heterocycles. The molecular formula is C11H17NO3. The summed E-state index contributed by atoms with van der Waals surface area (Å²) < 4.78 is 10.2. The quantitative estimate of drug-likeness (QED) is 0.815. The summed E-state index contributed by atoms with van der Waals surface area (Å²) in [5.41, 5.74) is 5.41. The van der Waals surface area contributed by atoms with E-state index in [-0.39, 0.29) is 6.04 Å². The lowest BCUT2D eigenvalue weighted by molar-refractivity contribution is 0.256. The van der Waals surface area contributed by atoms with Crippen LogP contribution in [-0.2, 0) is 0 Å². The van der Waals surface area contributed by atoms with E-state index in [2.05, 4.69) is 0 Å². The van der Waals surface area contributed by atoms with Gasteiger partial charge >= 0.3 is 5.63 Å². The Morgan fingerprint density at radius 1 is 1.47 bits per heavy atom. The first-order valence-corrected chi connectivity index (χ1v) is 4.99. The second-order valence-corrected chi connectivity index (χ2v) is 3.94. The average molecular weight is 211 g/mol. The Balaban J connectivity index is 2.61. The van der Waals surface area contributed by atoms with Gasteiger partial charge in [0.25, 0.3) is 0 Å². The summed E-state index contributed by atoms with van der Waals surface area (Å²) in [7, 11) is 0. The van der Waals surface area contributed by atoms with Crippen molar-refractivity contribution < 1.29 is 9.15 Å². The summed E-state index contributed by atoms with van der Waals surface area (Å²) >= 11 is 0. The van der Waals surface area contributed by atoms with Gasteiger partial charge in [-0.05, 0) is 12.8 Å². The Morgan fingerprint density at radius 2 is 2.13 bits per heavy atom. The van der Waals surface area contributed by atoms with Crippen molar-refractivity contribution in [3.8, 4) is 5.75 Å². The number of hydrogen-bond donors (Lipinski definition) is 1. The first-order valence-electron chi connectivity index (χ1n) is 4.99. The molecule has 0 saturated carbocycles. The van der Waals surface area contributed by atoms with Gasteiger partial charge in [0.15, 0.2) is 0 Å². The van der Waals surface area contributed by atoms with Crippen LogP contribution in [0.3, 0.4) is 0 Å². The zero-order valence-corrected chi connectivity index (χ0v) is 9.32. The van der Waals surface area contributed by atoms with Crippen molar-refractivity contribution in [3.05, 3.63) is 28.3 Å². The molecule has 0 aliphatic heterocycles. The van der Waals surface area contributed by atoms with E-state index in [1.165, 1.54) is 6.07 Å². The van der Waals surface area contributed by atoms with Gasteiger partial charge in [-0.15, -0.1) is 0 Å². The van der Waals surface area contributed by atoms with Crippen molar-refractivity contribution in [2.24, 2.45) is 11.7 Å². The Hall–Kier alpha value is -1.29. The molecule has 2 N–H and O–H groups in total. The number of nitrogens with two attached hydrogens (primary N) is 1. The van der Waals surface area contributed by atoms with Gasteiger partial charge < -0.3 is 14.9 Å². The highest BCUT2D eigenvalue weighted by atomic mass is 16.5. The normalized spacial score (nSPS) is 12.9. The zero-order valence-electron chi connectivity index (χ0n) is 9.32. The van der Waals surface area contributed by atoms with Crippen LogP contribution in [0.4, 0.5) is 0 Å². The minimum absolute atomic E-state index is 0.0300. The number of rotatable bonds is 4. The van der Waals surface area contributed by atoms with Gasteiger partial charge in [0.2, 0.25) is 0 Å². The smallest absolute Gasteiger partial charge is 0.339 e. The zero-order chi connectivity index (χ0) is 11.4. The van der Waals surface area contributed by atoms with E-state index in [1.54, 1.807) is 13.0 Å². The van der Waals surface area contributed by atoms with Crippen LogP contribution in [-0.4, -0.2) is 12.6 Å². The molecule has 1 aromatic rings. The molecule has 0 spiro atoms. The Morgan fingerprint density at radius 3 is 2.67 bits per heavy atom. The average Bonchev–Trinajstić information content (AvgIpc) is 2.12. The predicted molar refractivity (Wildman–Crippen MR) is 58.0 cm³/mol. The van der Waals surface area contributed by atoms with Crippen molar-refractivity contribution in [3.63, 3.8) is 0 Å². The van der Waals surface area contributed by atoms with E-state index in [0.29, 0.717) is 24.0 Å². The van der Waals surface area contributed by atoms with Crippen LogP contribution in [0, 0.1) is 12.8 Å². The molecule has 0 amide bonds. The van der Waals surface area contributed by atoms with Gasteiger partial charge in [-0.25, -0.2) is 4.79 Å². The molecule has 0 radical (unpaired) electrons. The fraction of sp³-hybridized carbons (Fsp3) is 0.545. The molecule has 0 bridgehead atoms. The van der Waals surface area contributed by atoms with Crippen molar-refractivity contribution in [1.29, 1.82) is 0 Å². The molecule has 1 aromatic heterocycles. The predicted octanol–water partition coefficient (Wildman–Crippen LogP) is 1.31. The minimum atomic E-state index is -0.400. The number of hydrogen-bond acceptors (Lipinski definition) is 4. The highest BCUT2D eigenvalue weighted by Crippen LogP contribution is 2.10. The van der Waals surface area contributed by atoms with Crippen LogP contribution < -0.4 is 16.1 Å². The van der Waals surface area contributed by atoms with Crippen LogP contribution in [0.1, 0.15) is 19.6 Å². The second-order valence-electron chi connectivity index (χ2n) is 3.94. The number of aryl methyl sites for hydroxylation is 1. The SMILES string of the molecule is Cc1cc(OC[C@@H](N)C(C)C)cc(=O)o1. The van der Waals surface area contributed by atoms with Crippen molar-refractivity contribution >= 4 is 0 Å². The molecule has 1 rings (SSSR count). The molecule has 15 heavy (non-hydrogen) atoms. The summed E-state index contributed by atoms with van der Waals surface area (Å²) in [5.74, 6) is 1.40. The third kappa shape index (κ3) is 3.75. The molecule has 1 atom stereocenters. The summed E-state index contributed by atoms with van der Waals surface area (Å²) in [6.07, 6.45) is 0. The first kappa shape index (κ1) is 11.8. The summed E-state index contributed by atoms with van der Waals surface area (Å²) in [5, 5.41) is 0. The molecule has 0 unspecified atom stereocenters. The standard InChI is InChI=1S/C11H17NO3/c1-7(2)10(12)6-14-9-4-8(3)15-11(13)5-9/h4-5,7,10H,6,12H2,1-3H3/t10-/m1/s1. The van der Waals surface area contributed by atoms with E-state index < -0.39 is 5.63 Å². The van der Waals surface area contributed by atoms with E-state index in [1.807, 2.05) is 13.8 Å². The molecule has 4 nitrogen and oxygen atoms in total. The lowest BCUT2D eigenvalue weighted by Gasteiger charge is -2.16. The summed E-state index contributed by atoms with van der Waals surface area (Å²) in [4.78, 5) is 11.0. The lowest BCUT2D eigenvalue weighted by Crippen LogP contribution is -2.33. The molecular weight excluding hydrogens is 194 g/mol. The minimum Gasteiger partial charge on any atom is -0.492 e. The van der Waals surface area contributed by atoms with Crippen LogP contribution >= 0.6 is 0 Å². The van der Waals surface area contributed by atoms with Crippen LogP contribution in [0.15, 0.2) is 21.3 Å². The maximum Gasteiger partial charge on any atom is 0.339 e. The highest BCUT2D eigenvalue weighted by molar-refractivity contribution is 5.19. The van der Waals surface area contributed by atoms with E-state index >= 15 is 0 Å². The van der Waals surface area contributed by atoms with Crippen LogP contribution in [0.25, 0.3) is 0 Å². The first-order chi connectivity index (χ1) is 6.99. The largest absolute Gasteiger partial charge is 0.492 e. The molecule has 0 fully saturated rings. The second kappa shape index (κ2) is 4.98. The van der Waals surface area contributed by atoms with E-state index in [0.717, 1.165) is 0 Å². The monoisotopic (exact) mass is 211 g/mol. The van der Waals surface area contributed by atoms with Gasteiger partial charge in [0, 0.05) is 12.1 Å². The third-order valence-electron chi connectivity index (χ3n) is 2.17. The third-order valence-corrected chi connectivity index (χ3v) is 2.17. The summed E-state index contributed by atoms with van der Waals surface area (Å²) in [6.45, 7) is 6.16. The molecule has 0 aromatic carbocycles. The maximum atomic E-state index is 11.0. The fourth-order valence-electron chi connectivity index (χ4n) is 1.04. The molecule has 0 aliphatic rings. The fourth-order valence-corrected chi connectivity index (χ4v) is 1.04. The van der Waals surface area contributed by atoms with Crippen molar-refractivity contribution in [2.45, 2.75) is 26.8 Å². The van der Waals surface area contributed by atoms with Crippen LogP contribution in [0.2, 0.25) is 0 Å². The van der Waals surface area contributed by atoms with Crippen molar-refractivity contribution in [2.75, 3.05) is 6.61 Å². The van der Waals surface area contributed by atoms with E-state index in [9.17, 15) is 4.79 Å². The number of ether oxygens (including phenoxy) is 1. The topological polar surface area (TPSA) is 65.5 Å². The van der Waals surface area contributed by atoms with Crippen LogP contribution in [0.5, 0.6) is 5.75 Å². The maximum absolute atomic E-state index is 11.0. The van der Waals surface area contributed by atoms with Gasteiger partial charge in [-0.2, -0.15) is 0 Å². The van der Waals surface area contributed by atoms with E-state index in [4.69, 9.17) is 14.9 Å². The molecule has 84 valence electrons. The summed E-state index contributed by atoms with van der Waals surface area (Å²) in [6, 6.07) is 2.96. The molecule has 0 aliphatic carbocycles.